The van der Waals surface area contributed by atoms with E-state index in [1.807, 2.05) is 39.1 Å². The predicted molar refractivity (Wildman–Crippen MR) is 175 cm³/mol. The fraction of sp³-hybridized carbons (Fsp3) is 0.500. The Balaban J connectivity index is 1.27. The number of ether oxygens (including phenoxy) is 3. The number of nitrogens with one attached hydrogen (secondary N) is 1. The number of rotatable bonds is 14. The smallest absolute Gasteiger partial charge is 0.408 e. The van der Waals surface area contributed by atoms with E-state index < -0.39 is 23.3 Å². The van der Waals surface area contributed by atoms with Crippen molar-refractivity contribution in [2.24, 2.45) is 4.99 Å². The van der Waals surface area contributed by atoms with Crippen molar-refractivity contribution in [1.29, 1.82) is 5.26 Å². The molecule has 5 heterocycles. The maximum absolute atomic E-state index is 12.5. The number of amides is 1. The minimum absolute atomic E-state index is 0.274. The number of aliphatic imine (C=N–C) groups is 1. The first kappa shape index (κ1) is 32.9. The molecule has 1 N–H and O–H groups in total. The number of piperazine rings is 1. The molecule has 4 fully saturated rings. The van der Waals surface area contributed by atoms with Crippen molar-refractivity contribution in [3.8, 4) is 11.9 Å². The Labute approximate surface area is 271 Å². The van der Waals surface area contributed by atoms with Crippen LogP contribution in [0.3, 0.4) is 0 Å². The number of aromatic nitrogens is 3. The number of alkyl carbamates (subject to hydrolysis) is 1. The molecule has 0 spiro atoms. The number of carbonyl (C=O) groups excluding carboxylic acids is 1. The van der Waals surface area contributed by atoms with Gasteiger partial charge in [0.05, 0.1) is 42.8 Å². The number of hydrogen-bond donors (Lipinski definition) is 1. The van der Waals surface area contributed by atoms with E-state index in [0.717, 1.165) is 50.3 Å². The fourth-order valence-electron chi connectivity index (χ4n) is 5.89. The van der Waals surface area contributed by atoms with Crippen LogP contribution in [0.5, 0.6) is 5.88 Å². The average molecular weight is 629 g/mol. The highest BCUT2D eigenvalue weighted by molar-refractivity contribution is 5.69. The summed E-state index contributed by atoms with van der Waals surface area (Å²) in [6.45, 7) is 16.1. The second-order valence-electron chi connectivity index (χ2n) is 13.1. The Kier molecular flexibility index (Phi) is 9.94. The summed E-state index contributed by atoms with van der Waals surface area (Å²) in [5.74, 6) is 1.41. The molecule has 1 aliphatic carbocycles. The van der Waals surface area contributed by atoms with Gasteiger partial charge in [0, 0.05) is 62.8 Å². The van der Waals surface area contributed by atoms with Crippen LogP contribution in [0, 0.1) is 11.3 Å². The van der Waals surface area contributed by atoms with Crippen LogP contribution in [0.15, 0.2) is 60.6 Å². The molecule has 3 unspecified atom stereocenters. The summed E-state index contributed by atoms with van der Waals surface area (Å²) in [5, 5.41) is 17.0. The van der Waals surface area contributed by atoms with Crippen LogP contribution in [-0.4, -0.2) is 93.0 Å². The minimum atomic E-state index is -0.597. The van der Waals surface area contributed by atoms with Gasteiger partial charge in [0.2, 0.25) is 5.88 Å². The standard InChI is InChI=1S/C34H44N8O4/c1-7-9-30(40-21-26-14-27(22-40)41(26)20-24-10-11-31(44-6)37-17-24)36-19-28(15-29-25(16-35)18-38-42(29)8-2)45-23-34(12-13-34)39-32(43)46-33(3,4)5/h7-11,17-19,26-28H,1-2,12-15,20-23H2,3-6H3,(H,39,43)/b30-9+,36-19-. The molecular formula is C34H44N8O4. The van der Waals surface area contributed by atoms with Crippen molar-refractivity contribution >= 4 is 18.5 Å². The number of fused-ring (bicyclic) bond motifs is 2. The zero-order chi connectivity index (χ0) is 32.9. The highest BCUT2D eigenvalue weighted by Crippen LogP contribution is 2.37. The first-order valence-corrected chi connectivity index (χ1v) is 15.6. The molecule has 0 aromatic carbocycles. The summed E-state index contributed by atoms with van der Waals surface area (Å²) in [4.78, 5) is 26.6. The Bertz CT molecular complexity index is 1500. The molecule has 4 aliphatic rings. The number of nitrogens with zero attached hydrogens (tertiary/aromatic N) is 7. The van der Waals surface area contributed by atoms with E-state index in [1.165, 1.54) is 6.20 Å². The Morgan fingerprint density at radius 1 is 1.26 bits per heavy atom. The van der Waals surface area contributed by atoms with Gasteiger partial charge in [-0.1, -0.05) is 25.3 Å². The number of allylic oxidation sites excluding steroid dienone is 2. The van der Waals surface area contributed by atoms with Crippen molar-refractivity contribution in [2.45, 2.75) is 82.3 Å². The lowest BCUT2D eigenvalue weighted by Crippen LogP contribution is -2.67. The molecule has 1 amide bonds. The van der Waals surface area contributed by atoms with Gasteiger partial charge in [-0.15, -0.1) is 0 Å². The predicted octanol–water partition coefficient (Wildman–Crippen LogP) is 4.30. The maximum atomic E-state index is 12.5. The lowest BCUT2D eigenvalue weighted by Gasteiger charge is -2.57. The Morgan fingerprint density at radius 2 is 2.02 bits per heavy atom. The molecule has 244 valence electrons. The highest BCUT2D eigenvalue weighted by Gasteiger charge is 2.46. The summed E-state index contributed by atoms with van der Waals surface area (Å²) in [7, 11) is 1.62. The van der Waals surface area contributed by atoms with Crippen LogP contribution in [0.4, 0.5) is 4.79 Å². The van der Waals surface area contributed by atoms with Crippen molar-refractivity contribution in [1.82, 2.24) is 29.9 Å². The van der Waals surface area contributed by atoms with Gasteiger partial charge in [-0.2, -0.15) is 10.4 Å². The van der Waals surface area contributed by atoms with Crippen LogP contribution >= 0.6 is 0 Å². The molecule has 3 saturated heterocycles. The van der Waals surface area contributed by atoms with Crippen molar-refractivity contribution in [3.05, 3.63) is 72.5 Å². The normalized spacial score (nSPS) is 21.2. The van der Waals surface area contributed by atoms with Crippen molar-refractivity contribution in [3.63, 3.8) is 0 Å². The van der Waals surface area contributed by atoms with Crippen LogP contribution in [0.25, 0.3) is 6.20 Å². The number of carbonyl (C=O) groups is 1. The van der Waals surface area contributed by atoms with Gasteiger partial charge in [0.15, 0.2) is 0 Å². The van der Waals surface area contributed by atoms with Crippen LogP contribution in [-0.2, 0) is 22.4 Å². The van der Waals surface area contributed by atoms with E-state index in [0.29, 0.717) is 35.6 Å². The molecule has 46 heavy (non-hydrogen) atoms. The third-order valence-electron chi connectivity index (χ3n) is 8.46. The zero-order valence-corrected chi connectivity index (χ0v) is 27.2. The molecule has 12 nitrogen and oxygen atoms in total. The lowest BCUT2D eigenvalue weighted by molar-refractivity contribution is -0.0645. The Morgan fingerprint density at radius 3 is 2.61 bits per heavy atom. The van der Waals surface area contributed by atoms with Gasteiger partial charge in [-0.05, 0) is 51.7 Å². The monoisotopic (exact) mass is 628 g/mol. The van der Waals surface area contributed by atoms with Gasteiger partial charge in [-0.25, -0.2) is 19.5 Å². The quantitative estimate of drug-likeness (QED) is 0.240. The third kappa shape index (κ3) is 8.02. The van der Waals surface area contributed by atoms with E-state index in [-0.39, 0.29) is 6.61 Å². The fourth-order valence-corrected chi connectivity index (χ4v) is 5.89. The number of pyridine rings is 1. The third-order valence-corrected chi connectivity index (χ3v) is 8.46. The van der Waals surface area contributed by atoms with Gasteiger partial charge >= 0.3 is 6.09 Å². The zero-order valence-electron chi connectivity index (χ0n) is 27.2. The van der Waals surface area contributed by atoms with Crippen LogP contribution in [0.1, 0.15) is 56.9 Å². The summed E-state index contributed by atoms with van der Waals surface area (Å²) >= 11 is 0. The number of methoxy groups -OCH3 is 1. The van der Waals surface area contributed by atoms with Crippen LogP contribution < -0.4 is 10.1 Å². The van der Waals surface area contributed by atoms with E-state index >= 15 is 0 Å². The van der Waals surface area contributed by atoms with E-state index in [2.05, 4.69) is 50.5 Å². The molecular weight excluding hydrogens is 584 g/mol. The van der Waals surface area contributed by atoms with Crippen molar-refractivity contribution in [2.75, 3.05) is 26.8 Å². The second kappa shape index (κ2) is 13.9. The van der Waals surface area contributed by atoms with E-state index in [9.17, 15) is 10.1 Å². The van der Waals surface area contributed by atoms with Crippen LogP contribution in [0.2, 0.25) is 0 Å². The number of nitriles is 1. The minimum Gasteiger partial charge on any atom is -0.481 e. The maximum Gasteiger partial charge on any atom is 0.408 e. The Hall–Kier alpha value is -4.47. The lowest BCUT2D eigenvalue weighted by atomic mass is 9.87. The average Bonchev–Trinajstić information content (AvgIpc) is 3.68. The molecule has 3 aliphatic heterocycles. The van der Waals surface area contributed by atoms with Gasteiger partial charge in [0.1, 0.15) is 17.5 Å². The molecule has 1 saturated carbocycles. The first-order chi connectivity index (χ1) is 22.0. The topological polar surface area (TPSA) is 130 Å². The summed E-state index contributed by atoms with van der Waals surface area (Å²) in [6.07, 6.45) is 12.5. The number of piperidine rings is 1. The molecule has 2 aromatic rings. The second-order valence-corrected chi connectivity index (χ2v) is 13.1. The molecule has 3 atom stereocenters. The SMILES string of the molecule is C=C/C=C(\N=C/C(Cc1c(C#N)cnn1C=C)OCC1(NC(=O)OC(C)(C)C)CC1)N1CC2CC(C1)N2Cc1ccc(OC)nc1. The molecule has 12 heteroatoms. The van der Waals surface area contributed by atoms with Gasteiger partial charge in [0.25, 0.3) is 0 Å². The first-order valence-electron chi connectivity index (χ1n) is 15.6. The van der Waals surface area contributed by atoms with E-state index in [1.54, 1.807) is 30.3 Å². The highest BCUT2D eigenvalue weighted by atomic mass is 16.6. The molecule has 2 aromatic heterocycles. The van der Waals surface area contributed by atoms with Gasteiger partial charge in [-0.3, -0.25) is 4.90 Å². The van der Waals surface area contributed by atoms with Crippen molar-refractivity contribution < 1.29 is 19.0 Å². The molecule has 2 bridgehead atoms. The largest absolute Gasteiger partial charge is 0.481 e. The van der Waals surface area contributed by atoms with E-state index in [4.69, 9.17) is 19.2 Å². The molecule has 0 radical (unpaired) electrons. The summed E-state index contributed by atoms with van der Waals surface area (Å²) in [5.41, 5.74) is 1.19. The summed E-state index contributed by atoms with van der Waals surface area (Å²) in [6, 6.07) is 6.99. The van der Waals surface area contributed by atoms with Gasteiger partial charge < -0.3 is 24.4 Å². The summed E-state index contributed by atoms with van der Waals surface area (Å²) < 4.78 is 18.7. The molecule has 6 rings (SSSR count). The number of hydrogen-bond acceptors (Lipinski definition) is 10.